The quantitative estimate of drug-likeness (QED) is 0.0243. The average molecular weight is 792 g/mol. The molecule has 55 heavy (non-hydrogen) atoms. The smallest absolute Gasteiger partial charge is 0.463 e. The average Bonchev–Trinajstić information content (AvgIpc) is 3.17. The highest BCUT2D eigenvalue weighted by Crippen LogP contribution is 2.42. The van der Waals surface area contributed by atoms with Gasteiger partial charge in [0.2, 0.25) is 5.91 Å². The molecule has 0 fully saturated rings. The molecule has 0 aliphatic heterocycles. The fraction of sp³-hybridized carbons (Fsp3) is 0.689. The predicted molar refractivity (Wildman–Crippen MR) is 229 cm³/mol. The monoisotopic (exact) mass is 792 g/mol. The molecule has 316 valence electrons. The first-order valence-electron chi connectivity index (χ1n) is 21.4. The number of carbonyl (C=O) groups is 2. The summed E-state index contributed by atoms with van der Waals surface area (Å²) in [6.07, 6.45) is 49.7. The first-order chi connectivity index (χ1) is 26.8. The third-order valence-electron chi connectivity index (χ3n) is 8.65. The summed E-state index contributed by atoms with van der Waals surface area (Å²) in [5.74, 6) is -0.547. The standard InChI is InChI=1S/C45H78NO8P/c1-3-5-7-9-11-13-15-16-17-18-19-20-21-22-23-24-25-26-28-30-32-34-36-38-45(49)52-41-43(47)42-54-55(50,51)53-40-39-46-44(48)37-35-33-31-29-27-14-12-10-8-6-4-2/h5,7,11,13,16-17,19-20,22-23,25-26,43,47H,3-4,6,8-10,12,14-15,18,21,24,27-42H2,1-2H3,(H,46,48)(H,50,51)/b7-5-,13-11-,17-16-,20-19-,23-22-,26-25-. The molecule has 0 aromatic carbocycles. The van der Waals surface area contributed by atoms with E-state index < -0.39 is 26.5 Å². The number of ether oxygens (including phenoxy) is 1. The lowest BCUT2D eigenvalue weighted by molar-refractivity contribution is -0.147. The van der Waals surface area contributed by atoms with E-state index in [2.05, 4.69) is 92.1 Å². The van der Waals surface area contributed by atoms with Crippen molar-refractivity contribution in [3.05, 3.63) is 72.9 Å². The Balaban J connectivity index is 3.68. The molecule has 9 nitrogen and oxygen atoms in total. The number of unbranched alkanes of at least 4 members (excludes halogenated alkanes) is 14. The van der Waals surface area contributed by atoms with Crippen LogP contribution < -0.4 is 5.32 Å². The first kappa shape index (κ1) is 52.5. The van der Waals surface area contributed by atoms with E-state index in [0.717, 1.165) is 83.5 Å². The second kappa shape index (κ2) is 41.1. The molecule has 2 unspecified atom stereocenters. The number of aliphatic hydroxyl groups excluding tert-OH is 1. The van der Waals surface area contributed by atoms with Crippen molar-refractivity contribution in [3.63, 3.8) is 0 Å². The molecule has 2 atom stereocenters. The summed E-state index contributed by atoms with van der Waals surface area (Å²) in [5, 5.41) is 12.7. The molecule has 0 heterocycles. The summed E-state index contributed by atoms with van der Waals surface area (Å²) in [5.41, 5.74) is 0. The molecule has 1 amide bonds. The van der Waals surface area contributed by atoms with Gasteiger partial charge in [-0.1, -0.05) is 164 Å². The molecule has 0 aromatic rings. The Labute approximate surface area is 335 Å². The van der Waals surface area contributed by atoms with Crippen LogP contribution in [0, 0.1) is 0 Å². The van der Waals surface area contributed by atoms with Gasteiger partial charge in [-0.3, -0.25) is 18.6 Å². The summed E-state index contributed by atoms with van der Waals surface area (Å²) in [6.45, 7) is 3.39. The van der Waals surface area contributed by atoms with Crippen LogP contribution in [-0.2, 0) is 27.9 Å². The number of rotatable bonds is 39. The molecular weight excluding hydrogens is 713 g/mol. The normalized spacial score (nSPS) is 14.0. The van der Waals surface area contributed by atoms with Crippen LogP contribution in [0.15, 0.2) is 72.9 Å². The predicted octanol–water partition coefficient (Wildman–Crippen LogP) is 11.9. The van der Waals surface area contributed by atoms with Crippen molar-refractivity contribution in [2.75, 3.05) is 26.4 Å². The van der Waals surface area contributed by atoms with Gasteiger partial charge in [-0.15, -0.1) is 0 Å². The van der Waals surface area contributed by atoms with Crippen LogP contribution in [0.2, 0.25) is 0 Å². The second-order valence-electron chi connectivity index (χ2n) is 13.9. The largest absolute Gasteiger partial charge is 0.472 e. The fourth-order valence-corrected chi connectivity index (χ4v) is 6.20. The minimum atomic E-state index is -4.42. The van der Waals surface area contributed by atoms with Gasteiger partial charge in [-0.2, -0.15) is 0 Å². The van der Waals surface area contributed by atoms with Crippen molar-refractivity contribution >= 4 is 19.7 Å². The Bertz CT molecular complexity index is 1130. The Morgan fingerprint density at radius 3 is 1.56 bits per heavy atom. The van der Waals surface area contributed by atoms with Gasteiger partial charge < -0.3 is 20.1 Å². The fourth-order valence-electron chi connectivity index (χ4n) is 5.44. The number of aliphatic hydroxyl groups is 1. The summed E-state index contributed by atoms with van der Waals surface area (Å²) in [6, 6.07) is 0. The maximum Gasteiger partial charge on any atom is 0.472 e. The molecular formula is C45H78NO8P. The SMILES string of the molecule is CC/C=C\C/C=C\C/C=C\C/C=C\C/C=C\C/C=C\CCCCCCC(=O)OCC(O)COP(=O)(O)OCCNC(=O)CCCCCCCCCCCCC. The molecule has 0 radical (unpaired) electrons. The maximum atomic E-state index is 12.1. The van der Waals surface area contributed by atoms with E-state index in [1.54, 1.807) is 0 Å². The summed E-state index contributed by atoms with van der Waals surface area (Å²) in [7, 11) is -4.42. The van der Waals surface area contributed by atoms with E-state index in [0.29, 0.717) is 12.8 Å². The lowest BCUT2D eigenvalue weighted by Crippen LogP contribution is -2.27. The van der Waals surface area contributed by atoms with Crippen molar-refractivity contribution in [1.82, 2.24) is 5.32 Å². The van der Waals surface area contributed by atoms with Crippen LogP contribution in [0.25, 0.3) is 0 Å². The minimum absolute atomic E-state index is 0.0768. The van der Waals surface area contributed by atoms with Crippen LogP contribution in [0.3, 0.4) is 0 Å². The van der Waals surface area contributed by atoms with Gasteiger partial charge in [-0.05, 0) is 64.2 Å². The summed E-state index contributed by atoms with van der Waals surface area (Å²) < 4.78 is 26.8. The third kappa shape index (κ3) is 42.4. The van der Waals surface area contributed by atoms with E-state index in [1.807, 2.05) is 0 Å². The van der Waals surface area contributed by atoms with Gasteiger partial charge >= 0.3 is 13.8 Å². The van der Waals surface area contributed by atoms with Gasteiger partial charge in [0.15, 0.2) is 0 Å². The molecule has 0 bridgehead atoms. The lowest BCUT2D eigenvalue weighted by atomic mass is 10.1. The zero-order valence-corrected chi connectivity index (χ0v) is 35.5. The number of carbonyl (C=O) groups excluding carboxylic acids is 2. The van der Waals surface area contributed by atoms with Gasteiger partial charge in [0, 0.05) is 19.4 Å². The summed E-state index contributed by atoms with van der Waals surface area (Å²) >= 11 is 0. The Kier molecular flexibility index (Phi) is 39.2. The van der Waals surface area contributed by atoms with Crippen LogP contribution in [0.5, 0.6) is 0 Å². The number of phosphoric ester groups is 1. The molecule has 3 N–H and O–H groups in total. The van der Waals surface area contributed by atoms with E-state index in [4.69, 9.17) is 13.8 Å². The topological polar surface area (TPSA) is 131 Å². The first-order valence-corrected chi connectivity index (χ1v) is 22.9. The summed E-state index contributed by atoms with van der Waals surface area (Å²) in [4.78, 5) is 33.8. The van der Waals surface area contributed by atoms with E-state index >= 15 is 0 Å². The third-order valence-corrected chi connectivity index (χ3v) is 9.64. The van der Waals surface area contributed by atoms with Gasteiger partial charge in [-0.25, -0.2) is 4.57 Å². The number of hydrogen-bond donors (Lipinski definition) is 3. The molecule has 0 aliphatic carbocycles. The van der Waals surface area contributed by atoms with Crippen LogP contribution in [-0.4, -0.2) is 54.3 Å². The molecule has 10 heteroatoms. The highest BCUT2D eigenvalue weighted by Gasteiger charge is 2.23. The van der Waals surface area contributed by atoms with Crippen LogP contribution in [0.4, 0.5) is 0 Å². The highest BCUT2D eigenvalue weighted by molar-refractivity contribution is 7.47. The number of phosphoric acid groups is 1. The zero-order valence-electron chi connectivity index (χ0n) is 34.6. The zero-order chi connectivity index (χ0) is 40.3. The van der Waals surface area contributed by atoms with Crippen LogP contribution >= 0.6 is 7.82 Å². The second-order valence-corrected chi connectivity index (χ2v) is 15.4. The lowest BCUT2D eigenvalue weighted by Gasteiger charge is -2.15. The van der Waals surface area contributed by atoms with Crippen molar-refractivity contribution in [3.8, 4) is 0 Å². The van der Waals surface area contributed by atoms with Gasteiger partial charge in [0.1, 0.15) is 12.7 Å². The Morgan fingerprint density at radius 2 is 1.04 bits per heavy atom. The van der Waals surface area contributed by atoms with Crippen LogP contribution in [0.1, 0.15) is 168 Å². The van der Waals surface area contributed by atoms with Gasteiger partial charge in [0.05, 0.1) is 13.2 Å². The Morgan fingerprint density at radius 1 is 0.582 bits per heavy atom. The van der Waals surface area contributed by atoms with Crippen molar-refractivity contribution in [2.24, 2.45) is 0 Å². The highest BCUT2D eigenvalue weighted by atomic mass is 31.2. The minimum Gasteiger partial charge on any atom is -0.463 e. The van der Waals surface area contributed by atoms with E-state index in [1.165, 1.54) is 51.4 Å². The van der Waals surface area contributed by atoms with Gasteiger partial charge in [0.25, 0.3) is 0 Å². The number of esters is 1. The molecule has 0 aliphatic rings. The number of nitrogens with one attached hydrogen (secondary N) is 1. The van der Waals surface area contributed by atoms with E-state index in [-0.39, 0.29) is 32.1 Å². The maximum absolute atomic E-state index is 12.1. The van der Waals surface area contributed by atoms with Crippen molar-refractivity contribution in [1.29, 1.82) is 0 Å². The number of allylic oxidation sites excluding steroid dienone is 12. The molecule has 0 spiro atoms. The number of hydrogen-bond acceptors (Lipinski definition) is 7. The molecule has 0 saturated heterocycles. The van der Waals surface area contributed by atoms with E-state index in [9.17, 15) is 24.2 Å². The van der Waals surface area contributed by atoms with Crippen molar-refractivity contribution in [2.45, 2.75) is 174 Å². The molecule has 0 aromatic heterocycles. The Hall–Kier alpha value is -2.55. The number of amides is 1. The van der Waals surface area contributed by atoms with Crippen molar-refractivity contribution < 1.29 is 37.9 Å². The molecule has 0 saturated carbocycles. The molecule has 0 rings (SSSR count).